The molecular formula is C13H16N4O2. The summed E-state index contributed by atoms with van der Waals surface area (Å²) in [6, 6.07) is 3.56. The van der Waals surface area contributed by atoms with E-state index < -0.39 is 0 Å². The standard InChI is InChI=1S/C13H16N4O2/c1-3-14-12-6-9(2)15-8-11(12)13(18)16-7-10-4-5-19-17-10/h4-6,8H,3,7H2,1-2H3,(H,14,15)(H,16,18). The topological polar surface area (TPSA) is 80.0 Å². The Balaban J connectivity index is 2.09. The SMILES string of the molecule is CCNc1cc(C)ncc1C(=O)NCc1ccon1. The quantitative estimate of drug-likeness (QED) is 0.856. The number of pyridine rings is 1. The van der Waals surface area contributed by atoms with E-state index in [1.807, 2.05) is 19.9 Å². The molecule has 0 radical (unpaired) electrons. The van der Waals surface area contributed by atoms with Crippen molar-refractivity contribution in [2.45, 2.75) is 20.4 Å². The molecule has 2 N–H and O–H groups in total. The third-order valence-corrected chi connectivity index (χ3v) is 2.57. The van der Waals surface area contributed by atoms with E-state index in [1.54, 1.807) is 12.3 Å². The van der Waals surface area contributed by atoms with E-state index in [2.05, 4.69) is 20.8 Å². The van der Waals surface area contributed by atoms with Crippen molar-refractivity contribution in [3.05, 3.63) is 41.5 Å². The molecule has 0 saturated carbocycles. The lowest BCUT2D eigenvalue weighted by Gasteiger charge is -2.10. The van der Waals surface area contributed by atoms with Gasteiger partial charge < -0.3 is 15.2 Å². The van der Waals surface area contributed by atoms with Crippen molar-refractivity contribution in [2.24, 2.45) is 0 Å². The smallest absolute Gasteiger partial charge is 0.255 e. The average Bonchev–Trinajstić information content (AvgIpc) is 2.90. The molecule has 2 aromatic rings. The average molecular weight is 260 g/mol. The summed E-state index contributed by atoms with van der Waals surface area (Å²) in [6.45, 7) is 4.94. The van der Waals surface area contributed by atoms with Gasteiger partial charge in [-0.2, -0.15) is 0 Å². The molecule has 2 heterocycles. The van der Waals surface area contributed by atoms with Crippen LogP contribution < -0.4 is 10.6 Å². The van der Waals surface area contributed by atoms with Crippen molar-refractivity contribution in [1.29, 1.82) is 0 Å². The van der Waals surface area contributed by atoms with Gasteiger partial charge in [0.25, 0.3) is 5.91 Å². The number of nitrogens with zero attached hydrogens (tertiary/aromatic N) is 2. The van der Waals surface area contributed by atoms with Crippen LogP contribution in [0.4, 0.5) is 5.69 Å². The van der Waals surface area contributed by atoms with E-state index in [4.69, 9.17) is 4.52 Å². The highest BCUT2D eigenvalue weighted by molar-refractivity contribution is 5.99. The second-order valence-electron chi connectivity index (χ2n) is 4.08. The summed E-state index contributed by atoms with van der Waals surface area (Å²) in [4.78, 5) is 16.3. The maximum atomic E-state index is 12.1. The molecule has 6 heteroatoms. The molecule has 2 aromatic heterocycles. The number of rotatable bonds is 5. The second kappa shape index (κ2) is 5.99. The highest BCUT2D eigenvalue weighted by Crippen LogP contribution is 2.15. The lowest BCUT2D eigenvalue weighted by molar-refractivity contribution is 0.0950. The van der Waals surface area contributed by atoms with Crippen molar-refractivity contribution < 1.29 is 9.32 Å². The minimum atomic E-state index is -0.188. The lowest BCUT2D eigenvalue weighted by atomic mass is 10.2. The first-order valence-electron chi connectivity index (χ1n) is 6.08. The van der Waals surface area contributed by atoms with Crippen molar-refractivity contribution >= 4 is 11.6 Å². The molecule has 0 spiro atoms. The van der Waals surface area contributed by atoms with Crippen molar-refractivity contribution in [3.8, 4) is 0 Å². The molecular weight excluding hydrogens is 244 g/mol. The molecule has 0 aromatic carbocycles. The van der Waals surface area contributed by atoms with Gasteiger partial charge in [0.05, 0.1) is 17.8 Å². The van der Waals surface area contributed by atoms with Crippen LogP contribution in [-0.2, 0) is 6.54 Å². The van der Waals surface area contributed by atoms with Crippen molar-refractivity contribution in [3.63, 3.8) is 0 Å². The Hall–Kier alpha value is -2.37. The number of aryl methyl sites for hydroxylation is 1. The zero-order valence-electron chi connectivity index (χ0n) is 10.9. The predicted molar refractivity (Wildman–Crippen MR) is 70.8 cm³/mol. The summed E-state index contributed by atoms with van der Waals surface area (Å²) in [5.41, 5.74) is 2.85. The number of carbonyl (C=O) groups excluding carboxylic acids is 1. The van der Waals surface area contributed by atoms with Crippen LogP contribution in [0.1, 0.15) is 28.7 Å². The van der Waals surface area contributed by atoms with Crippen molar-refractivity contribution in [1.82, 2.24) is 15.5 Å². The molecule has 0 aliphatic heterocycles. The number of aromatic nitrogens is 2. The van der Waals surface area contributed by atoms with Crippen LogP contribution in [0, 0.1) is 6.92 Å². The molecule has 0 atom stereocenters. The molecule has 0 aliphatic carbocycles. The maximum Gasteiger partial charge on any atom is 0.255 e. The highest BCUT2D eigenvalue weighted by Gasteiger charge is 2.12. The Bertz CT molecular complexity index is 552. The molecule has 100 valence electrons. The van der Waals surface area contributed by atoms with Gasteiger partial charge in [0.15, 0.2) is 0 Å². The number of carbonyl (C=O) groups is 1. The Morgan fingerprint density at radius 1 is 1.47 bits per heavy atom. The van der Waals surface area contributed by atoms with Crippen LogP contribution in [0.2, 0.25) is 0 Å². The number of hydrogen-bond donors (Lipinski definition) is 2. The van der Waals surface area contributed by atoms with Gasteiger partial charge in [-0.3, -0.25) is 9.78 Å². The first-order chi connectivity index (χ1) is 9.20. The molecule has 2 rings (SSSR count). The molecule has 1 amide bonds. The third kappa shape index (κ3) is 3.31. The van der Waals surface area contributed by atoms with Gasteiger partial charge in [-0.05, 0) is 19.9 Å². The van der Waals surface area contributed by atoms with Gasteiger partial charge in [-0.1, -0.05) is 5.16 Å². The van der Waals surface area contributed by atoms with Gasteiger partial charge >= 0.3 is 0 Å². The maximum absolute atomic E-state index is 12.1. The third-order valence-electron chi connectivity index (χ3n) is 2.57. The highest BCUT2D eigenvalue weighted by atomic mass is 16.5. The van der Waals surface area contributed by atoms with Gasteiger partial charge in [0.2, 0.25) is 0 Å². The molecule has 6 nitrogen and oxygen atoms in total. The Morgan fingerprint density at radius 2 is 2.32 bits per heavy atom. The second-order valence-corrected chi connectivity index (χ2v) is 4.08. The minimum Gasteiger partial charge on any atom is -0.385 e. The predicted octanol–water partition coefficient (Wildman–Crippen LogP) is 1.74. The van der Waals surface area contributed by atoms with E-state index in [0.29, 0.717) is 17.8 Å². The van der Waals surface area contributed by atoms with Gasteiger partial charge in [-0.15, -0.1) is 0 Å². The van der Waals surface area contributed by atoms with Crippen LogP contribution in [-0.4, -0.2) is 22.6 Å². The number of anilines is 1. The van der Waals surface area contributed by atoms with Gasteiger partial charge in [0, 0.05) is 24.5 Å². The fourth-order valence-corrected chi connectivity index (χ4v) is 1.67. The van der Waals surface area contributed by atoms with E-state index >= 15 is 0 Å². The first-order valence-corrected chi connectivity index (χ1v) is 6.08. The molecule has 0 bridgehead atoms. The number of hydrogen-bond acceptors (Lipinski definition) is 5. The van der Waals surface area contributed by atoms with E-state index in [1.165, 1.54) is 6.26 Å². The monoisotopic (exact) mass is 260 g/mol. The summed E-state index contributed by atoms with van der Waals surface area (Å²) in [5, 5.41) is 9.67. The largest absolute Gasteiger partial charge is 0.385 e. The fraction of sp³-hybridized carbons (Fsp3) is 0.308. The van der Waals surface area contributed by atoms with E-state index in [-0.39, 0.29) is 5.91 Å². The van der Waals surface area contributed by atoms with Crippen molar-refractivity contribution in [2.75, 3.05) is 11.9 Å². The normalized spacial score (nSPS) is 10.2. The summed E-state index contributed by atoms with van der Waals surface area (Å²) in [7, 11) is 0. The molecule has 19 heavy (non-hydrogen) atoms. The zero-order valence-corrected chi connectivity index (χ0v) is 10.9. The minimum absolute atomic E-state index is 0.188. The lowest BCUT2D eigenvalue weighted by Crippen LogP contribution is -2.24. The summed E-state index contributed by atoms with van der Waals surface area (Å²) in [6.07, 6.45) is 3.05. The van der Waals surface area contributed by atoms with Gasteiger partial charge in [0.1, 0.15) is 12.0 Å². The van der Waals surface area contributed by atoms with Crippen LogP contribution >= 0.6 is 0 Å². The van der Waals surface area contributed by atoms with Crippen LogP contribution in [0.3, 0.4) is 0 Å². The van der Waals surface area contributed by atoms with E-state index in [9.17, 15) is 4.79 Å². The number of nitrogens with one attached hydrogen (secondary N) is 2. The molecule has 0 saturated heterocycles. The van der Waals surface area contributed by atoms with E-state index in [0.717, 1.165) is 17.9 Å². The summed E-state index contributed by atoms with van der Waals surface area (Å²) < 4.78 is 4.70. The molecule has 0 fully saturated rings. The molecule has 0 aliphatic rings. The summed E-state index contributed by atoms with van der Waals surface area (Å²) >= 11 is 0. The first kappa shape index (κ1) is 13.1. The fourth-order valence-electron chi connectivity index (χ4n) is 1.67. The summed E-state index contributed by atoms with van der Waals surface area (Å²) in [5.74, 6) is -0.188. The number of amides is 1. The van der Waals surface area contributed by atoms with Gasteiger partial charge in [-0.25, -0.2) is 0 Å². The Morgan fingerprint density at radius 3 is 3.00 bits per heavy atom. The Labute approximate surface area is 111 Å². The molecule has 0 unspecified atom stereocenters. The van der Waals surface area contributed by atoms with Crippen LogP contribution in [0.5, 0.6) is 0 Å². The van der Waals surface area contributed by atoms with Crippen LogP contribution in [0.25, 0.3) is 0 Å². The Kier molecular flexibility index (Phi) is 4.12. The van der Waals surface area contributed by atoms with Crippen LogP contribution in [0.15, 0.2) is 29.1 Å². The zero-order chi connectivity index (χ0) is 13.7.